The standard InChI is InChI=1S/C20H19F2N3O2S/c1-11-16(19(26)23-14-9-4-5-10-15(14)27-3)18(24-20(28)25(11)2)17-12(21)7-6-8-13(17)22/h4-10,18H,1-3H3,(H,23,26)(H,24,28)/t18-/m1/s1. The molecule has 0 unspecified atom stereocenters. The summed E-state index contributed by atoms with van der Waals surface area (Å²) in [6.45, 7) is 1.68. The highest BCUT2D eigenvalue weighted by Gasteiger charge is 2.35. The first-order valence-corrected chi connectivity index (χ1v) is 8.89. The van der Waals surface area contributed by atoms with Gasteiger partial charge in [-0.25, -0.2) is 8.78 Å². The summed E-state index contributed by atoms with van der Waals surface area (Å²) in [5.41, 5.74) is 0.830. The smallest absolute Gasteiger partial charge is 0.255 e. The first-order valence-electron chi connectivity index (χ1n) is 8.48. The Morgan fingerprint density at radius 2 is 1.82 bits per heavy atom. The van der Waals surface area contributed by atoms with Crippen molar-refractivity contribution in [3.05, 3.63) is 70.9 Å². The molecule has 1 heterocycles. The van der Waals surface area contributed by atoms with Gasteiger partial charge in [0.05, 0.1) is 30.0 Å². The Kier molecular flexibility index (Phi) is 5.60. The predicted octanol–water partition coefficient (Wildman–Crippen LogP) is 3.75. The van der Waals surface area contributed by atoms with Crippen LogP contribution in [0.4, 0.5) is 14.5 Å². The number of benzene rings is 2. The summed E-state index contributed by atoms with van der Waals surface area (Å²) in [7, 11) is 3.16. The van der Waals surface area contributed by atoms with Crippen molar-refractivity contribution >= 4 is 28.9 Å². The summed E-state index contributed by atoms with van der Waals surface area (Å²) in [6, 6.07) is 9.38. The number of carbonyl (C=O) groups excluding carboxylic acids is 1. The van der Waals surface area contributed by atoms with Gasteiger partial charge < -0.3 is 20.3 Å². The fraction of sp³-hybridized carbons (Fsp3) is 0.200. The highest BCUT2D eigenvalue weighted by atomic mass is 32.1. The fourth-order valence-corrected chi connectivity index (χ4v) is 3.33. The van der Waals surface area contributed by atoms with Crippen LogP contribution in [0.5, 0.6) is 5.75 Å². The number of thiocarbonyl (C=S) groups is 1. The third-order valence-electron chi connectivity index (χ3n) is 4.64. The number of rotatable bonds is 4. The van der Waals surface area contributed by atoms with Crippen molar-refractivity contribution in [2.45, 2.75) is 13.0 Å². The second-order valence-corrected chi connectivity index (χ2v) is 6.62. The second-order valence-electron chi connectivity index (χ2n) is 6.23. The monoisotopic (exact) mass is 403 g/mol. The van der Waals surface area contributed by atoms with E-state index in [2.05, 4.69) is 10.6 Å². The molecule has 0 aromatic heterocycles. The molecule has 1 aliphatic rings. The number of ether oxygens (including phenoxy) is 1. The van der Waals surface area contributed by atoms with Crippen LogP contribution in [0.2, 0.25) is 0 Å². The van der Waals surface area contributed by atoms with E-state index < -0.39 is 23.6 Å². The summed E-state index contributed by atoms with van der Waals surface area (Å²) < 4.78 is 34.2. The lowest BCUT2D eigenvalue weighted by Crippen LogP contribution is -2.47. The number of methoxy groups -OCH3 is 1. The van der Waals surface area contributed by atoms with Crippen LogP contribution in [-0.4, -0.2) is 30.1 Å². The summed E-state index contributed by atoms with van der Waals surface area (Å²) in [6.07, 6.45) is 0. The summed E-state index contributed by atoms with van der Waals surface area (Å²) in [4.78, 5) is 14.7. The van der Waals surface area contributed by atoms with E-state index in [0.717, 1.165) is 12.1 Å². The van der Waals surface area contributed by atoms with Gasteiger partial charge in [0.1, 0.15) is 17.4 Å². The second kappa shape index (κ2) is 7.93. The van der Waals surface area contributed by atoms with E-state index in [0.29, 0.717) is 17.1 Å². The molecule has 146 valence electrons. The number of nitrogens with one attached hydrogen (secondary N) is 2. The highest BCUT2D eigenvalue weighted by Crippen LogP contribution is 2.34. The third kappa shape index (κ3) is 3.55. The number of hydrogen-bond donors (Lipinski definition) is 2. The minimum atomic E-state index is -1.07. The van der Waals surface area contributed by atoms with E-state index >= 15 is 0 Å². The van der Waals surface area contributed by atoms with Gasteiger partial charge in [0.25, 0.3) is 5.91 Å². The average Bonchev–Trinajstić information content (AvgIpc) is 2.66. The molecule has 0 spiro atoms. The molecule has 8 heteroatoms. The van der Waals surface area contributed by atoms with Crippen molar-refractivity contribution in [3.8, 4) is 5.75 Å². The molecule has 2 N–H and O–H groups in total. The fourth-order valence-electron chi connectivity index (χ4n) is 3.07. The van der Waals surface area contributed by atoms with Crippen LogP contribution in [0.1, 0.15) is 18.5 Å². The maximum Gasteiger partial charge on any atom is 0.255 e. The van der Waals surface area contributed by atoms with Crippen LogP contribution in [0.3, 0.4) is 0 Å². The SMILES string of the molecule is COc1ccccc1NC(=O)C1=C(C)N(C)C(=S)N[C@H]1c1c(F)cccc1F. The Balaban J connectivity index is 2.08. The van der Waals surface area contributed by atoms with Gasteiger partial charge in [-0.15, -0.1) is 0 Å². The molecule has 0 aliphatic carbocycles. The first kappa shape index (κ1) is 19.8. The molecule has 3 rings (SSSR count). The first-order chi connectivity index (χ1) is 13.3. The van der Waals surface area contributed by atoms with E-state index in [9.17, 15) is 13.6 Å². The van der Waals surface area contributed by atoms with E-state index in [4.69, 9.17) is 17.0 Å². The van der Waals surface area contributed by atoms with Crippen molar-refractivity contribution in [3.63, 3.8) is 0 Å². The summed E-state index contributed by atoms with van der Waals surface area (Å²) in [5, 5.41) is 5.89. The number of amides is 1. The largest absolute Gasteiger partial charge is 0.495 e. The van der Waals surface area contributed by atoms with E-state index in [-0.39, 0.29) is 16.2 Å². The van der Waals surface area contributed by atoms with E-state index in [1.54, 1.807) is 43.1 Å². The molecule has 1 aliphatic heterocycles. The van der Waals surface area contributed by atoms with Crippen LogP contribution < -0.4 is 15.4 Å². The number of hydrogen-bond acceptors (Lipinski definition) is 3. The lowest BCUT2D eigenvalue weighted by molar-refractivity contribution is -0.113. The zero-order valence-electron chi connectivity index (χ0n) is 15.5. The van der Waals surface area contributed by atoms with Crippen LogP contribution in [-0.2, 0) is 4.79 Å². The lowest BCUT2D eigenvalue weighted by Gasteiger charge is -2.36. The Labute approximate surface area is 167 Å². The molecule has 1 amide bonds. The Bertz CT molecular complexity index is 957. The van der Waals surface area contributed by atoms with Crippen LogP contribution >= 0.6 is 12.2 Å². The molecule has 0 bridgehead atoms. The zero-order chi connectivity index (χ0) is 20.4. The lowest BCUT2D eigenvalue weighted by atomic mass is 9.93. The Morgan fingerprint density at radius 3 is 2.46 bits per heavy atom. The maximum absolute atomic E-state index is 14.5. The third-order valence-corrected chi connectivity index (χ3v) is 5.03. The van der Waals surface area contributed by atoms with E-state index in [1.165, 1.54) is 13.2 Å². The Hall–Kier alpha value is -3.00. The number of carbonyl (C=O) groups is 1. The van der Waals surface area contributed by atoms with Crippen molar-refractivity contribution in [2.24, 2.45) is 0 Å². The van der Waals surface area contributed by atoms with Gasteiger partial charge in [-0.2, -0.15) is 0 Å². The molecule has 0 radical (unpaired) electrons. The topological polar surface area (TPSA) is 53.6 Å². The minimum absolute atomic E-state index is 0.158. The van der Waals surface area contributed by atoms with Gasteiger partial charge >= 0.3 is 0 Å². The highest BCUT2D eigenvalue weighted by molar-refractivity contribution is 7.80. The van der Waals surface area contributed by atoms with Crippen molar-refractivity contribution in [1.82, 2.24) is 10.2 Å². The van der Waals surface area contributed by atoms with Gasteiger partial charge in [-0.05, 0) is 43.4 Å². The molecular formula is C20H19F2N3O2S. The van der Waals surface area contributed by atoms with Crippen LogP contribution in [0, 0.1) is 11.6 Å². The van der Waals surface area contributed by atoms with Gasteiger partial charge in [0, 0.05) is 12.7 Å². The van der Waals surface area contributed by atoms with Crippen LogP contribution in [0.25, 0.3) is 0 Å². The van der Waals surface area contributed by atoms with Gasteiger partial charge in [-0.1, -0.05) is 18.2 Å². The predicted molar refractivity (Wildman–Crippen MR) is 107 cm³/mol. The number of allylic oxidation sites excluding steroid dienone is 1. The van der Waals surface area contributed by atoms with Crippen molar-refractivity contribution in [1.29, 1.82) is 0 Å². The number of para-hydroxylation sites is 2. The zero-order valence-corrected chi connectivity index (χ0v) is 16.4. The number of halogens is 2. The van der Waals surface area contributed by atoms with Gasteiger partial charge in [0.15, 0.2) is 5.11 Å². The van der Waals surface area contributed by atoms with Gasteiger partial charge in [0.2, 0.25) is 0 Å². The quantitative estimate of drug-likeness (QED) is 0.762. The number of anilines is 1. The minimum Gasteiger partial charge on any atom is -0.495 e. The average molecular weight is 403 g/mol. The summed E-state index contributed by atoms with van der Waals surface area (Å²) in [5.74, 6) is -1.58. The maximum atomic E-state index is 14.5. The molecular weight excluding hydrogens is 384 g/mol. The molecule has 28 heavy (non-hydrogen) atoms. The molecule has 5 nitrogen and oxygen atoms in total. The van der Waals surface area contributed by atoms with Gasteiger partial charge in [-0.3, -0.25) is 4.79 Å². The van der Waals surface area contributed by atoms with Crippen molar-refractivity contribution in [2.75, 3.05) is 19.5 Å². The molecule has 1 atom stereocenters. The van der Waals surface area contributed by atoms with E-state index in [1.807, 2.05) is 0 Å². The number of nitrogens with zero attached hydrogens (tertiary/aromatic N) is 1. The normalized spacial score (nSPS) is 16.7. The van der Waals surface area contributed by atoms with Crippen LogP contribution in [0.15, 0.2) is 53.7 Å². The molecule has 2 aromatic carbocycles. The Morgan fingerprint density at radius 1 is 1.18 bits per heavy atom. The molecule has 0 fully saturated rings. The molecule has 0 saturated heterocycles. The molecule has 2 aromatic rings. The molecule has 0 saturated carbocycles. The van der Waals surface area contributed by atoms with Crippen molar-refractivity contribution < 1.29 is 18.3 Å². The summed E-state index contributed by atoms with van der Waals surface area (Å²) >= 11 is 5.26.